The summed E-state index contributed by atoms with van der Waals surface area (Å²) >= 11 is 6.32. The molecule has 3 aliphatic rings. The van der Waals surface area contributed by atoms with Crippen molar-refractivity contribution in [1.82, 2.24) is 20.1 Å². The van der Waals surface area contributed by atoms with Crippen molar-refractivity contribution >= 4 is 34.4 Å². The molecule has 8 heteroatoms. The molecule has 1 aromatic heterocycles. The number of carbonyl (C=O) groups is 2. The quantitative estimate of drug-likeness (QED) is 0.366. The number of amides is 3. The van der Waals surface area contributed by atoms with E-state index in [-0.39, 0.29) is 17.7 Å². The Kier molecular flexibility index (Phi) is 4.90. The number of carbonyl (C=O) groups excluding carboxylic acids is 2. The summed E-state index contributed by atoms with van der Waals surface area (Å²) in [7, 11) is 0. The Hall–Kier alpha value is -3.03. The number of hydrogen-bond acceptors (Lipinski definition) is 4. The second-order valence-corrected chi connectivity index (χ2v) is 10.3. The number of phenolic OH excluding ortho intramolecular Hbond substituents is 1. The monoisotopic (exact) mass is 478 g/mol. The molecule has 3 aromatic rings. The van der Waals surface area contributed by atoms with E-state index in [9.17, 15) is 14.7 Å². The fraction of sp³-hybridized carbons (Fsp3) is 0.385. The first-order chi connectivity index (χ1) is 16.4. The third-order valence-electron chi connectivity index (χ3n) is 7.46. The van der Waals surface area contributed by atoms with Gasteiger partial charge in [0.25, 0.3) is 5.91 Å². The SMILES string of the molecule is C[C@@]12Cc3c([nH]c4ccc(Cl)cc34)C(c3cccc(O)c3)N1C(=O)N(CCNCC1CC1)C2=O. The number of aromatic amines is 1. The lowest BCUT2D eigenvalue weighted by molar-refractivity contribution is -0.133. The molecule has 3 N–H and O–H groups in total. The number of H-pyrrole nitrogens is 1. The van der Waals surface area contributed by atoms with Crippen LogP contribution in [0.4, 0.5) is 4.79 Å². The molecule has 2 fully saturated rings. The van der Waals surface area contributed by atoms with Crippen LogP contribution in [0.15, 0.2) is 42.5 Å². The van der Waals surface area contributed by atoms with Gasteiger partial charge in [0.05, 0.1) is 0 Å². The van der Waals surface area contributed by atoms with Gasteiger partial charge < -0.3 is 15.4 Å². The van der Waals surface area contributed by atoms with Crippen molar-refractivity contribution in [2.24, 2.45) is 5.92 Å². The number of urea groups is 1. The average molecular weight is 479 g/mol. The van der Waals surface area contributed by atoms with Crippen LogP contribution in [0, 0.1) is 5.92 Å². The van der Waals surface area contributed by atoms with Crippen LogP contribution in [-0.2, 0) is 11.2 Å². The Bertz CT molecular complexity index is 1320. The highest BCUT2D eigenvalue weighted by Gasteiger charge is 2.60. The number of nitrogens with zero attached hydrogens (tertiary/aromatic N) is 2. The van der Waals surface area contributed by atoms with E-state index in [1.807, 2.05) is 31.2 Å². The van der Waals surface area contributed by atoms with Gasteiger partial charge in [0.2, 0.25) is 0 Å². The van der Waals surface area contributed by atoms with Crippen molar-refractivity contribution in [3.63, 3.8) is 0 Å². The molecular weight excluding hydrogens is 452 g/mol. The number of aromatic hydroxyl groups is 1. The summed E-state index contributed by atoms with van der Waals surface area (Å²) in [5, 5.41) is 15.2. The fourth-order valence-corrected chi connectivity index (χ4v) is 5.71. The van der Waals surface area contributed by atoms with Gasteiger partial charge in [-0.2, -0.15) is 0 Å². The summed E-state index contributed by atoms with van der Waals surface area (Å²) in [5.74, 6) is 0.664. The molecule has 3 amide bonds. The Morgan fingerprint density at radius 1 is 1.21 bits per heavy atom. The summed E-state index contributed by atoms with van der Waals surface area (Å²) < 4.78 is 0. The van der Waals surface area contributed by atoms with Crippen LogP contribution < -0.4 is 5.32 Å². The van der Waals surface area contributed by atoms with Crippen molar-refractivity contribution in [1.29, 1.82) is 0 Å². The van der Waals surface area contributed by atoms with Crippen LogP contribution in [-0.4, -0.2) is 57.0 Å². The van der Waals surface area contributed by atoms with Gasteiger partial charge in [-0.3, -0.25) is 14.6 Å². The molecule has 0 radical (unpaired) electrons. The van der Waals surface area contributed by atoms with Crippen LogP contribution in [0.25, 0.3) is 10.9 Å². The first-order valence-corrected chi connectivity index (χ1v) is 12.2. The molecule has 34 heavy (non-hydrogen) atoms. The molecule has 1 aliphatic carbocycles. The van der Waals surface area contributed by atoms with Crippen LogP contribution >= 0.6 is 11.6 Å². The maximum atomic E-state index is 13.7. The molecule has 1 unspecified atom stereocenters. The van der Waals surface area contributed by atoms with Gasteiger partial charge in [0.1, 0.15) is 17.3 Å². The minimum absolute atomic E-state index is 0.115. The van der Waals surface area contributed by atoms with Crippen LogP contribution in [0.2, 0.25) is 5.02 Å². The van der Waals surface area contributed by atoms with Gasteiger partial charge in [-0.1, -0.05) is 23.7 Å². The van der Waals surface area contributed by atoms with E-state index in [0.717, 1.165) is 40.2 Å². The normalized spacial score (nSPS) is 24.1. The van der Waals surface area contributed by atoms with E-state index in [1.165, 1.54) is 17.7 Å². The standard InChI is InChI=1S/C26H27ClN4O3/c1-26-13-20-19-12-17(27)7-8-21(19)29-22(20)23(16-3-2-4-18(32)11-16)31(26)25(34)30(24(26)33)10-9-28-14-15-5-6-15/h2-4,7-8,11-12,15,23,28-29,32H,5-6,9-10,13-14H2,1H3/t23?,26-/m0/s1. The number of benzene rings is 2. The maximum absolute atomic E-state index is 13.7. The highest BCUT2D eigenvalue weighted by Crippen LogP contribution is 2.49. The Balaban J connectivity index is 1.44. The fourth-order valence-electron chi connectivity index (χ4n) is 5.54. The van der Waals surface area contributed by atoms with E-state index in [4.69, 9.17) is 11.6 Å². The maximum Gasteiger partial charge on any atom is 0.328 e. The minimum atomic E-state index is -1.03. The molecule has 7 nitrogen and oxygen atoms in total. The number of hydrogen-bond donors (Lipinski definition) is 3. The van der Waals surface area contributed by atoms with E-state index in [0.29, 0.717) is 24.5 Å². The zero-order chi connectivity index (χ0) is 23.6. The number of aromatic nitrogens is 1. The molecule has 6 rings (SSSR count). The first-order valence-electron chi connectivity index (χ1n) is 11.8. The number of halogens is 1. The molecule has 3 heterocycles. The number of phenols is 1. The highest BCUT2D eigenvalue weighted by molar-refractivity contribution is 6.31. The van der Waals surface area contributed by atoms with Gasteiger partial charge in [0, 0.05) is 41.1 Å². The van der Waals surface area contributed by atoms with E-state index in [1.54, 1.807) is 23.1 Å². The summed E-state index contributed by atoms with van der Waals surface area (Å²) in [6.07, 6.45) is 2.90. The zero-order valence-electron chi connectivity index (χ0n) is 19.0. The molecule has 0 bridgehead atoms. The van der Waals surface area contributed by atoms with Crippen LogP contribution in [0.5, 0.6) is 5.75 Å². The molecule has 2 aromatic carbocycles. The lowest BCUT2D eigenvalue weighted by atomic mass is 9.81. The van der Waals surface area contributed by atoms with Crippen LogP contribution in [0.1, 0.15) is 42.6 Å². The van der Waals surface area contributed by atoms with Gasteiger partial charge >= 0.3 is 6.03 Å². The molecule has 0 spiro atoms. The van der Waals surface area contributed by atoms with Gasteiger partial charge in [-0.15, -0.1) is 0 Å². The van der Waals surface area contributed by atoms with E-state index in [2.05, 4.69) is 10.3 Å². The molecule has 2 atom stereocenters. The number of nitrogens with one attached hydrogen (secondary N) is 2. The summed E-state index contributed by atoms with van der Waals surface area (Å²) in [5.41, 5.74) is 2.47. The third-order valence-corrected chi connectivity index (χ3v) is 7.69. The predicted molar refractivity (Wildman–Crippen MR) is 130 cm³/mol. The molecule has 1 saturated heterocycles. The summed E-state index contributed by atoms with van der Waals surface area (Å²) in [6, 6.07) is 11.7. The largest absolute Gasteiger partial charge is 0.508 e. The first kappa shape index (κ1) is 21.5. The Labute approximate surface area is 202 Å². The van der Waals surface area contributed by atoms with Crippen molar-refractivity contribution in [2.75, 3.05) is 19.6 Å². The zero-order valence-corrected chi connectivity index (χ0v) is 19.7. The molecule has 1 saturated carbocycles. The number of imide groups is 1. The van der Waals surface area contributed by atoms with Crippen molar-refractivity contribution in [2.45, 2.75) is 37.8 Å². The highest BCUT2D eigenvalue weighted by atomic mass is 35.5. The summed E-state index contributed by atoms with van der Waals surface area (Å²) in [4.78, 5) is 34.1. The molecule has 2 aliphatic heterocycles. The van der Waals surface area contributed by atoms with Gasteiger partial charge in [0.15, 0.2) is 0 Å². The van der Waals surface area contributed by atoms with E-state index < -0.39 is 11.6 Å². The lowest BCUT2D eigenvalue weighted by Gasteiger charge is -2.42. The van der Waals surface area contributed by atoms with Crippen LogP contribution in [0.3, 0.4) is 0 Å². The van der Waals surface area contributed by atoms with Gasteiger partial charge in [-0.05, 0) is 73.7 Å². The second-order valence-electron chi connectivity index (χ2n) is 9.91. The van der Waals surface area contributed by atoms with Crippen molar-refractivity contribution in [3.05, 3.63) is 64.3 Å². The second kappa shape index (κ2) is 7.75. The minimum Gasteiger partial charge on any atom is -0.508 e. The van der Waals surface area contributed by atoms with Crippen molar-refractivity contribution in [3.8, 4) is 5.75 Å². The smallest absolute Gasteiger partial charge is 0.328 e. The average Bonchev–Trinajstić information content (AvgIpc) is 3.54. The predicted octanol–water partition coefficient (Wildman–Crippen LogP) is 4.19. The van der Waals surface area contributed by atoms with E-state index >= 15 is 0 Å². The number of fused-ring (bicyclic) bond motifs is 4. The Morgan fingerprint density at radius 3 is 2.79 bits per heavy atom. The lowest BCUT2D eigenvalue weighted by Crippen LogP contribution is -2.53. The van der Waals surface area contributed by atoms with Crippen molar-refractivity contribution < 1.29 is 14.7 Å². The Morgan fingerprint density at radius 2 is 2.03 bits per heavy atom. The molecular formula is C26H27ClN4O3. The number of rotatable bonds is 6. The summed E-state index contributed by atoms with van der Waals surface area (Å²) in [6.45, 7) is 3.70. The topological polar surface area (TPSA) is 88.7 Å². The van der Waals surface area contributed by atoms with Gasteiger partial charge in [-0.25, -0.2) is 4.79 Å². The molecule has 176 valence electrons. The third kappa shape index (κ3) is 3.29.